The van der Waals surface area contributed by atoms with Crippen molar-refractivity contribution in [3.63, 3.8) is 0 Å². The lowest BCUT2D eigenvalue weighted by atomic mass is 9.80. The summed E-state index contributed by atoms with van der Waals surface area (Å²) in [4.78, 5) is 12.9. The molecule has 0 spiro atoms. The van der Waals surface area contributed by atoms with Gasteiger partial charge in [0.1, 0.15) is 35.8 Å². The van der Waals surface area contributed by atoms with Gasteiger partial charge in [-0.05, 0) is 30.5 Å². The summed E-state index contributed by atoms with van der Waals surface area (Å²) in [6, 6.07) is 30.8. The summed E-state index contributed by atoms with van der Waals surface area (Å²) >= 11 is 0. The third-order valence-electron chi connectivity index (χ3n) is 7.79. The van der Waals surface area contributed by atoms with Crippen molar-refractivity contribution >= 4 is 17.0 Å². The first kappa shape index (κ1) is 25.8. The molecule has 41 heavy (non-hydrogen) atoms. The van der Waals surface area contributed by atoms with Crippen LogP contribution in [0.1, 0.15) is 36.8 Å². The lowest BCUT2D eigenvalue weighted by Crippen LogP contribution is -2.39. The normalized spacial score (nSPS) is 23.6. The predicted octanol–water partition coefficient (Wildman–Crippen LogP) is 4.83. The number of aromatic nitrogens is 4. The smallest absolute Gasteiger partial charge is 0.167 e. The highest BCUT2D eigenvalue weighted by Gasteiger charge is 2.57. The van der Waals surface area contributed by atoms with Crippen LogP contribution >= 0.6 is 0 Å². The number of hydrogen-bond acceptors (Lipinski definition) is 8. The van der Waals surface area contributed by atoms with Crippen molar-refractivity contribution in [2.75, 3.05) is 12.3 Å². The standard InChI is InChI=1S/C32H31N5O4/c1-31(2)40-26-24(39-30(27(26)41-31)37-20-36-25-28(33)34-19-35-29(25)37)18-38-32(21-12-6-3-7-13-21,22-14-8-4-9-15-22)23-16-10-5-11-17-23/h3-17,19-20,24,26-27,30H,18H2,1-2H3,(H2,33,34,35)/t24-,26+,27-,30+/m0/s1. The number of fused-ring (bicyclic) bond motifs is 2. The molecular formula is C32H31N5O4. The number of nitrogens with zero attached hydrogens (tertiary/aromatic N) is 4. The van der Waals surface area contributed by atoms with E-state index in [1.165, 1.54) is 6.33 Å². The summed E-state index contributed by atoms with van der Waals surface area (Å²) in [5, 5.41) is 0. The van der Waals surface area contributed by atoms with E-state index in [2.05, 4.69) is 51.4 Å². The molecule has 208 valence electrons. The van der Waals surface area contributed by atoms with Crippen molar-refractivity contribution < 1.29 is 18.9 Å². The van der Waals surface area contributed by atoms with E-state index in [0.717, 1.165) is 16.7 Å². The first-order valence-electron chi connectivity index (χ1n) is 13.7. The Bertz CT molecular complexity index is 1550. The van der Waals surface area contributed by atoms with Gasteiger partial charge < -0.3 is 24.7 Å². The Morgan fingerprint density at radius 3 is 1.95 bits per heavy atom. The van der Waals surface area contributed by atoms with Gasteiger partial charge in [-0.15, -0.1) is 0 Å². The minimum absolute atomic E-state index is 0.236. The SMILES string of the molecule is CC1(C)O[C@H]2[C@H](O1)[C@H](n1cnc3c(N)ncnc31)O[C@H]2COC(c1ccccc1)(c1ccccc1)c1ccccc1. The number of nitrogens with two attached hydrogens (primary N) is 1. The highest BCUT2D eigenvalue weighted by atomic mass is 16.8. The van der Waals surface area contributed by atoms with E-state index in [1.807, 2.05) is 73.0 Å². The van der Waals surface area contributed by atoms with Gasteiger partial charge in [-0.25, -0.2) is 15.0 Å². The van der Waals surface area contributed by atoms with E-state index in [9.17, 15) is 0 Å². The van der Waals surface area contributed by atoms with E-state index in [1.54, 1.807) is 6.33 Å². The second kappa shape index (κ2) is 10.0. The molecule has 2 aliphatic rings. The Hall–Kier alpha value is -4.15. The molecule has 0 bridgehead atoms. The van der Waals surface area contributed by atoms with Gasteiger partial charge in [0, 0.05) is 0 Å². The molecule has 0 radical (unpaired) electrons. The molecule has 3 aromatic carbocycles. The largest absolute Gasteiger partial charge is 0.382 e. The third kappa shape index (κ3) is 4.38. The topological polar surface area (TPSA) is 107 Å². The summed E-state index contributed by atoms with van der Waals surface area (Å²) < 4.78 is 28.4. The van der Waals surface area contributed by atoms with Crippen molar-refractivity contribution in [3.05, 3.63) is 120 Å². The number of nitrogen functional groups attached to an aromatic ring is 1. The first-order chi connectivity index (χ1) is 20.0. The molecule has 0 aliphatic carbocycles. The van der Waals surface area contributed by atoms with Crippen LogP contribution in [0.5, 0.6) is 0 Å². The summed E-state index contributed by atoms with van der Waals surface area (Å²) in [6.07, 6.45) is 1.30. The Kier molecular flexibility index (Phi) is 6.32. The van der Waals surface area contributed by atoms with Crippen LogP contribution in [-0.4, -0.2) is 50.2 Å². The average Bonchev–Trinajstić information content (AvgIpc) is 3.67. The van der Waals surface area contributed by atoms with E-state index in [-0.39, 0.29) is 12.7 Å². The number of imidazole rings is 1. The van der Waals surface area contributed by atoms with Gasteiger partial charge in [-0.3, -0.25) is 4.57 Å². The molecule has 0 saturated carbocycles. The molecule has 0 amide bonds. The van der Waals surface area contributed by atoms with Gasteiger partial charge in [0.15, 0.2) is 23.5 Å². The van der Waals surface area contributed by atoms with Crippen LogP contribution in [0.4, 0.5) is 5.82 Å². The molecule has 2 saturated heterocycles. The highest BCUT2D eigenvalue weighted by Crippen LogP contribution is 2.46. The van der Waals surface area contributed by atoms with Crippen molar-refractivity contribution in [2.45, 2.75) is 49.8 Å². The van der Waals surface area contributed by atoms with Crippen LogP contribution in [0.2, 0.25) is 0 Å². The minimum atomic E-state index is -0.890. The highest BCUT2D eigenvalue weighted by molar-refractivity contribution is 5.81. The number of benzene rings is 3. The molecule has 9 heteroatoms. The monoisotopic (exact) mass is 549 g/mol. The molecular weight excluding hydrogens is 518 g/mol. The van der Waals surface area contributed by atoms with Crippen molar-refractivity contribution in [1.82, 2.24) is 19.5 Å². The molecule has 5 aromatic rings. The molecule has 2 N–H and O–H groups in total. The number of anilines is 1. The third-order valence-corrected chi connectivity index (χ3v) is 7.79. The summed E-state index contributed by atoms with van der Waals surface area (Å²) in [5.41, 5.74) is 9.30. The molecule has 7 rings (SSSR count). The maximum Gasteiger partial charge on any atom is 0.167 e. The quantitative estimate of drug-likeness (QED) is 0.288. The molecule has 2 aromatic heterocycles. The van der Waals surface area contributed by atoms with Gasteiger partial charge in [0.2, 0.25) is 0 Å². The van der Waals surface area contributed by atoms with Crippen molar-refractivity contribution in [2.24, 2.45) is 0 Å². The second-order valence-corrected chi connectivity index (χ2v) is 10.8. The zero-order valence-electron chi connectivity index (χ0n) is 22.8. The van der Waals surface area contributed by atoms with E-state index in [4.69, 9.17) is 24.7 Å². The number of rotatable bonds is 7. The lowest BCUT2D eigenvalue weighted by molar-refractivity contribution is -0.204. The maximum absolute atomic E-state index is 7.09. The second-order valence-electron chi connectivity index (χ2n) is 10.8. The van der Waals surface area contributed by atoms with E-state index < -0.39 is 29.8 Å². The van der Waals surface area contributed by atoms with E-state index >= 15 is 0 Å². The summed E-state index contributed by atoms with van der Waals surface area (Å²) in [6.45, 7) is 4.06. The summed E-state index contributed by atoms with van der Waals surface area (Å²) in [5.74, 6) is -0.486. The molecule has 2 aliphatic heterocycles. The van der Waals surface area contributed by atoms with Crippen molar-refractivity contribution in [1.29, 1.82) is 0 Å². The van der Waals surface area contributed by atoms with Crippen LogP contribution in [0, 0.1) is 0 Å². The fourth-order valence-electron chi connectivity index (χ4n) is 6.05. The first-order valence-corrected chi connectivity index (χ1v) is 13.7. The Labute approximate surface area is 237 Å². The fraction of sp³-hybridized carbons (Fsp3) is 0.281. The maximum atomic E-state index is 7.09. The fourth-order valence-corrected chi connectivity index (χ4v) is 6.05. The molecule has 4 atom stereocenters. The molecule has 2 fully saturated rings. The molecule has 9 nitrogen and oxygen atoms in total. The zero-order chi connectivity index (χ0) is 28.0. The minimum Gasteiger partial charge on any atom is -0.382 e. The molecule has 4 heterocycles. The van der Waals surface area contributed by atoms with Crippen LogP contribution in [0.15, 0.2) is 104 Å². The molecule has 0 unspecified atom stereocenters. The Morgan fingerprint density at radius 1 is 0.805 bits per heavy atom. The average molecular weight is 550 g/mol. The van der Waals surface area contributed by atoms with Crippen LogP contribution < -0.4 is 5.73 Å². The van der Waals surface area contributed by atoms with Gasteiger partial charge >= 0.3 is 0 Å². The Morgan fingerprint density at radius 2 is 1.37 bits per heavy atom. The number of hydrogen-bond donors (Lipinski definition) is 1. The van der Waals surface area contributed by atoms with Gasteiger partial charge in [0.25, 0.3) is 0 Å². The lowest BCUT2D eigenvalue weighted by Gasteiger charge is -2.37. The van der Waals surface area contributed by atoms with Crippen molar-refractivity contribution in [3.8, 4) is 0 Å². The predicted molar refractivity (Wildman–Crippen MR) is 153 cm³/mol. The summed E-state index contributed by atoms with van der Waals surface area (Å²) in [7, 11) is 0. The van der Waals surface area contributed by atoms with Crippen LogP contribution in [-0.2, 0) is 24.5 Å². The number of ether oxygens (including phenoxy) is 4. The zero-order valence-corrected chi connectivity index (χ0v) is 22.8. The van der Waals surface area contributed by atoms with E-state index in [0.29, 0.717) is 17.0 Å². The van der Waals surface area contributed by atoms with Gasteiger partial charge in [-0.2, -0.15) is 0 Å². The Balaban J connectivity index is 1.28. The van der Waals surface area contributed by atoms with Crippen LogP contribution in [0.3, 0.4) is 0 Å². The van der Waals surface area contributed by atoms with Gasteiger partial charge in [0.05, 0.1) is 12.9 Å². The van der Waals surface area contributed by atoms with Crippen LogP contribution in [0.25, 0.3) is 11.2 Å². The van der Waals surface area contributed by atoms with Gasteiger partial charge in [-0.1, -0.05) is 91.0 Å².